The summed E-state index contributed by atoms with van der Waals surface area (Å²) in [6.07, 6.45) is 0. The van der Waals surface area contributed by atoms with E-state index in [1.54, 1.807) is 18.2 Å². The van der Waals surface area contributed by atoms with Gasteiger partial charge in [0, 0.05) is 10.6 Å². The van der Waals surface area contributed by atoms with Crippen LogP contribution >= 0.6 is 11.6 Å². The van der Waals surface area contributed by atoms with Gasteiger partial charge in [0.1, 0.15) is 11.6 Å². The molecule has 102 valence electrons. The van der Waals surface area contributed by atoms with Gasteiger partial charge < -0.3 is 4.74 Å². The third-order valence-corrected chi connectivity index (χ3v) is 3.27. The number of benzene rings is 2. The molecule has 5 heteroatoms. The van der Waals surface area contributed by atoms with E-state index in [9.17, 15) is 9.18 Å². The Labute approximate surface area is 122 Å². The summed E-state index contributed by atoms with van der Waals surface area (Å²) in [5.74, 6) is -0.311. The highest BCUT2D eigenvalue weighted by molar-refractivity contribution is 6.52. The Morgan fingerprint density at radius 2 is 2.00 bits per heavy atom. The largest absolute Gasteiger partial charge is 0.496 e. The zero-order valence-corrected chi connectivity index (χ0v) is 12.0. The van der Waals surface area contributed by atoms with Gasteiger partial charge in [0.2, 0.25) is 0 Å². The van der Waals surface area contributed by atoms with Gasteiger partial charge in [0.15, 0.2) is 13.1 Å². The number of carbonyl (C=O) groups is 1. The highest BCUT2D eigenvalue weighted by Gasteiger charge is 2.16. The Hall–Kier alpha value is -1.81. The molecular formula is C15H13BClFO2. The number of ether oxygens (including phenoxy) is 1. The van der Waals surface area contributed by atoms with Gasteiger partial charge in [-0.1, -0.05) is 30.0 Å². The molecule has 0 saturated heterocycles. The Morgan fingerprint density at radius 3 is 2.65 bits per heavy atom. The number of ketones is 1. The summed E-state index contributed by atoms with van der Waals surface area (Å²) in [6, 6.07) is 9.12. The molecule has 0 aliphatic rings. The molecule has 0 heterocycles. The van der Waals surface area contributed by atoms with E-state index in [1.807, 2.05) is 6.82 Å². The van der Waals surface area contributed by atoms with Crippen LogP contribution in [0.25, 0.3) is 0 Å². The van der Waals surface area contributed by atoms with E-state index in [4.69, 9.17) is 16.3 Å². The minimum Gasteiger partial charge on any atom is -0.496 e. The summed E-state index contributed by atoms with van der Waals surface area (Å²) >= 11 is 5.91. The number of halogens is 2. The molecular weight excluding hydrogens is 277 g/mol. The topological polar surface area (TPSA) is 26.3 Å². The van der Waals surface area contributed by atoms with E-state index >= 15 is 0 Å². The molecule has 0 radical (unpaired) electrons. The summed E-state index contributed by atoms with van der Waals surface area (Å²) in [5, 5.41) is 0.432. The van der Waals surface area contributed by atoms with Gasteiger partial charge >= 0.3 is 0 Å². The van der Waals surface area contributed by atoms with Crippen molar-refractivity contribution in [1.29, 1.82) is 0 Å². The molecule has 0 spiro atoms. The lowest BCUT2D eigenvalue weighted by atomic mass is 9.72. The van der Waals surface area contributed by atoms with Crippen molar-refractivity contribution >= 4 is 30.1 Å². The maximum atomic E-state index is 13.5. The van der Waals surface area contributed by atoms with Gasteiger partial charge in [-0.05, 0) is 30.3 Å². The highest BCUT2D eigenvalue weighted by Crippen LogP contribution is 2.25. The normalized spacial score (nSPS) is 10.2. The Kier molecular flexibility index (Phi) is 4.45. The van der Waals surface area contributed by atoms with Gasteiger partial charge in [0.05, 0.1) is 12.7 Å². The molecule has 2 aromatic rings. The first-order valence-corrected chi connectivity index (χ1v) is 6.60. The zero-order valence-electron chi connectivity index (χ0n) is 11.2. The number of rotatable bonds is 4. The van der Waals surface area contributed by atoms with E-state index in [-0.39, 0.29) is 5.78 Å². The summed E-state index contributed by atoms with van der Waals surface area (Å²) in [5.41, 5.74) is 1.39. The van der Waals surface area contributed by atoms with Crippen LogP contribution in [0.15, 0.2) is 36.4 Å². The van der Waals surface area contributed by atoms with E-state index in [0.717, 1.165) is 5.46 Å². The third-order valence-electron chi connectivity index (χ3n) is 3.03. The number of hydrogen-bond acceptors (Lipinski definition) is 2. The molecule has 0 aliphatic heterocycles. The lowest BCUT2D eigenvalue weighted by Gasteiger charge is -2.09. The van der Waals surface area contributed by atoms with Gasteiger partial charge in [-0.25, -0.2) is 4.39 Å². The molecule has 0 unspecified atom stereocenters. The molecule has 0 saturated carbocycles. The predicted molar refractivity (Wildman–Crippen MR) is 80.5 cm³/mol. The van der Waals surface area contributed by atoms with Gasteiger partial charge in [-0.15, -0.1) is 0 Å². The Balaban J connectivity index is 2.51. The standard InChI is InChI=1S/C15H13BClFO2/c1-16-10-5-9(6-12(18)7-10)15(19)13-8-11(17)3-4-14(13)20-2/h3-8,16H,1-2H3. The molecule has 2 aromatic carbocycles. The van der Waals surface area contributed by atoms with Crippen molar-refractivity contribution in [1.82, 2.24) is 0 Å². The first-order valence-electron chi connectivity index (χ1n) is 6.23. The van der Waals surface area contributed by atoms with Gasteiger partial charge in [-0.2, -0.15) is 0 Å². The van der Waals surface area contributed by atoms with E-state index < -0.39 is 5.82 Å². The van der Waals surface area contributed by atoms with E-state index in [2.05, 4.69) is 0 Å². The average molecular weight is 291 g/mol. The third kappa shape index (κ3) is 3.02. The van der Waals surface area contributed by atoms with Crippen LogP contribution in [0.2, 0.25) is 11.8 Å². The highest BCUT2D eigenvalue weighted by atomic mass is 35.5. The first-order chi connectivity index (χ1) is 9.55. The first kappa shape index (κ1) is 14.6. The number of hydrogen-bond donors (Lipinski definition) is 0. The molecule has 2 nitrogen and oxygen atoms in total. The Morgan fingerprint density at radius 1 is 1.25 bits per heavy atom. The quantitative estimate of drug-likeness (QED) is 0.639. The molecule has 20 heavy (non-hydrogen) atoms. The van der Waals surface area contributed by atoms with E-state index in [0.29, 0.717) is 29.2 Å². The molecule has 0 fully saturated rings. The SMILES string of the molecule is CBc1cc(F)cc(C(=O)c2cc(Cl)ccc2OC)c1. The van der Waals surface area contributed by atoms with Crippen molar-refractivity contribution in [3.63, 3.8) is 0 Å². The van der Waals surface area contributed by atoms with Crippen LogP contribution in [0.3, 0.4) is 0 Å². The van der Waals surface area contributed by atoms with Gasteiger partial charge in [0.25, 0.3) is 0 Å². The molecule has 0 N–H and O–H groups in total. The second-order valence-electron chi connectivity index (χ2n) is 4.38. The van der Waals surface area contributed by atoms with Crippen molar-refractivity contribution in [2.75, 3.05) is 7.11 Å². The molecule has 0 aromatic heterocycles. The molecule has 0 aliphatic carbocycles. The van der Waals surface area contributed by atoms with Crippen molar-refractivity contribution < 1.29 is 13.9 Å². The van der Waals surface area contributed by atoms with Crippen LogP contribution in [0.5, 0.6) is 5.75 Å². The minimum absolute atomic E-state index is 0.294. The van der Waals surface area contributed by atoms with Gasteiger partial charge in [-0.3, -0.25) is 4.79 Å². The van der Waals surface area contributed by atoms with Crippen LogP contribution in [0.4, 0.5) is 4.39 Å². The Bertz CT molecular complexity index is 658. The monoisotopic (exact) mass is 290 g/mol. The smallest absolute Gasteiger partial charge is 0.196 e. The fourth-order valence-corrected chi connectivity index (χ4v) is 2.17. The lowest BCUT2D eigenvalue weighted by Crippen LogP contribution is -2.15. The average Bonchev–Trinajstić information content (AvgIpc) is 2.45. The molecule has 0 atom stereocenters. The lowest BCUT2D eigenvalue weighted by molar-refractivity contribution is 0.103. The molecule has 0 bridgehead atoms. The maximum absolute atomic E-state index is 13.5. The number of methoxy groups -OCH3 is 1. The van der Waals surface area contributed by atoms with Crippen molar-refractivity contribution in [2.24, 2.45) is 0 Å². The van der Waals surface area contributed by atoms with Crippen LogP contribution in [-0.4, -0.2) is 20.2 Å². The van der Waals surface area contributed by atoms with Crippen LogP contribution < -0.4 is 10.2 Å². The zero-order chi connectivity index (χ0) is 14.7. The van der Waals surface area contributed by atoms with Crippen LogP contribution in [0, 0.1) is 5.82 Å². The number of carbonyl (C=O) groups excluding carboxylic acids is 1. The summed E-state index contributed by atoms with van der Waals surface area (Å²) in [6.45, 7) is 1.91. The fourth-order valence-electron chi connectivity index (χ4n) is 2.00. The second kappa shape index (κ2) is 6.10. The van der Waals surface area contributed by atoms with Crippen LogP contribution in [-0.2, 0) is 0 Å². The van der Waals surface area contributed by atoms with Crippen molar-refractivity contribution in [3.8, 4) is 5.75 Å². The summed E-state index contributed by atoms with van der Waals surface area (Å²) < 4.78 is 18.7. The van der Waals surface area contributed by atoms with Crippen molar-refractivity contribution in [3.05, 3.63) is 58.4 Å². The predicted octanol–water partition coefficient (Wildman–Crippen LogP) is 2.83. The van der Waals surface area contributed by atoms with Crippen molar-refractivity contribution in [2.45, 2.75) is 6.82 Å². The summed E-state index contributed by atoms with van der Waals surface area (Å²) in [7, 11) is 2.13. The van der Waals surface area contributed by atoms with Crippen LogP contribution in [0.1, 0.15) is 15.9 Å². The van der Waals surface area contributed by atoms with E-state index in [1.165, 1.54) is 25.3 Å². The second-order valence-corrected chi connectivity index (χ2v) is 4.81. The molecule has 2 rings (SSSR count). The molecule has 0 amide bonds. The summed E-state index contributed by atoms with van der Waals surface area (Å²) in [4.78, 5) is 12.5. The maximum Gasteiger partial charge on any atom is 0.196 e. The fraction of sp³-hybridized carbons (Fsp3) is 0.133. The minimum atomic E-state index is -0.423.